The molecule has 2 aromatic carbocycles. The van der Waals surface area contributed by atoms with E-state index in [2.05, 4.69) is 4.90 Å². The Balaban J connectivity index is 1.55. The number of benzene rings is 2. The second kappa shape index (κ2) is 13.3. The number of carbonyl (C=O) groups excluding carboxylic acids is 2. The lowest BCUT2D eigenvalue weighted by Crippen LogP contribution is -2.47. The van der Waals surface area contributed by atoms with E-state index in [0.717, 1.165) is 23.5 Å². The molecule has 0 bridgehead atoms. The van der Waals surface area contributed by atoms with Crippen LogP contribution in [0.25, 0.3) is 0 Å². The standard InChI is InChI=1S/C28H32N4O5S/c1-22-10-11-26(38-22)20-31(19-23-6-3-2-4-7-23)27(33)21-30(13-12-29-14-16-37-17-15-29)28(34)24-8-5-9-25(18-24)32(35)36/h2-11,18H,12-17,19-21H2,1H3. The molecule has 0 aliphatic carbocycles. The van der Waals surface area contributed by atoms with Gasteiger partial charge in [-0.2, -0.15) is 0 Å². The zero-order valence-electron chi connectivity index (χ0n) is 21.5. The molecule has 3 aromatic rings. The highest BCUT2D eigenvalue weighted by Gasteiger charge is 2.25. The van der Waals surface area contributed by atoms with Crippen molar-refractivity contribution in [2.24, 2.45) is 0 Å². The summed E-state index contributed by atoms with van der Waals surface area (Å²) in [6.45, 7) is 6.44. The number of nitrogens with zero attached hydrogens (tertiary/aromatic N) is 4. The lowest BCUT2D eigenvalue weighted by atomic mass is 10.1. The average Bonchev–Trinajstić information content (AvgIpc) is 3.35. The fraction of sp³-hybridized carbons (Fsp3) is 0.357. The average molecular weight is 537 g/mol. The van der Waals surface area contributed by atoms with Gasteiger partial charge in [-0.05, 0) is 30.7 Å². The van der Waals surface area contributed by atoms with E-state index < -0.39 is 10.8 Å². The fourth-order valence-corrected chi connectivity index (χ4v) is 5.24. The monoisotopic (exact) mass is 536 g/mol. The molecule has 0 atom stereocenters. The molecule has 4 rings (SSSR count). The van der Waals surface area contributed by atoms with E-state index in [4.69, 9.17) is 4.74 Å². The third-order valence-corrected chi connectivity index (χ3v) is 7.40. The van der Waals surface area contributed by atoms with Crippen molar-refractivity contribution < 1.29 is 19.2 Å². The highest BCUT2D eigenvalue weighted by Crippen LogP contribution is 2.20. The van der Waals surface area contributed by atoms with Crippen molar-refractivity contribution in [1.29, 1.82) is 0 Å². The maximum atomic E-state index is 13.7. The van der Waals surface area contributed by atoms with Gasteiger partial charge in [-0.1, -0.05) is 36.4 Å². The van der Waals surface area contributed by atoms with E-state index in [9.17, 15) is 19.7 Å². The number of nitro groups is 1. The van der Waals surface area contributed by atoms with Crippen molar-refractivity contribution in [3.8, 4) is 0 Å². The molecule has 1 aromatic heterocycles. The number of carbonyl (C=O) groups is 2. The van der Waals surface area contributed by atoms with Crippen LogP contribution in [0.2, 0.25) is 0 Å². The van der Waals surface area contributed by atoms with Gasteiger partial charge >= 0.3 is 0 Å². The Kier molecular flexibility index (Phi) is 9.58. The van der Waals surface area contributed by atoms with Crippen molar-refractivity contribution >= 4 is 28.8 Å². The van der Waals surface area contributed by atoms with Gasteiger partial charge in [0.1, 0.15) is 6.54 Å². The molecule has 0 radical (unpaired) electrons. The molecule has 0 unspecified atom stereocenters. The van der Waals surface area contributed by atoms with Gasteiger partial charge in [0.2, 0.25) is 5.91 Å². The van der Waals surface area contributed by atoms with Gasteiger partial charge in [-0.25, -0.2) is 0 Å². The van der Waals surface area contributed by atoms with Gasteiger partial charge in [0.05, 0.1) is 24.7 Å². The zero-order chi connectivity index (χ0) is 26.9. The normalized spacial score (nSPS) is 13.7. The summed E-state index contributed by atoms with van der Waals surface area (Å²) < 4.78 is 5.42. The number of hydrogen-bond acceptors (Lipinski definition) is 7. The molecule has 0 N–H and O–H groups in total. The number of thiophene rings is 1. The molecule has 38 heavy (non-hydrogen) atoms. The van der Waals surface area contributed by atoms with Crippen LogP contribution in [-0.4, -0.2) is 77.4 Å². The highest BCUT2D eigenvalue weighted by atomic mass is 32.1. The predicted octanol–water partition coefficient (Wildman–Crippen LogP) is 3.97. The van der Waals surface area contributed by atoms with Crippen molar-refractivity contribution in [3.63, 3.8) is 0 Å². The number of morpholine rings is 1. The van der Waals surface area contributed by atoms with Crippen molar-refractivity contribution in [2.75, 3.05) is 45.9 Å². The van der Waals surface area contributed by atoms with Crippen molar-refractivity contribution in [3.05, 3.63) is 97.7 Å². The van der Waals surface area contributed by atoms with Crippen LogP contribution in [0.4, 0.5) is 5.69 Å². The number of non-ortho nitro benzene ring substituents is 1. The topological polar surface area (TPSA) is 96.2 Å². The number of hydrogen-bond donors (Lipinski definition) is 0. The molecule has 1 saturated heterocycles. The molecule has 2 amide bonds. The molecule has 0 spiro atoms. The molecular formula is C28H32N4O5S. The molecule has 10 heteroatoms. The van der Waals surface area contributed by atoms with E-state index >= 15 is 0 Å². The van der Waals surface area contributed by atoms with Crippen LogP contribution in [0.3, 0.4) is 0 Å². The predicted molar refractivity (Wildman–Crippen MR) is 146 cm³/mol. The van der Waals surface area contributed by atoms with Crippen molar-refractivity contribution in [2.45, 2.75) is 20.0 Å². The zero-order valence-corrected chi connectivity index (χ0v) is 22.3. The second-order valence-corrected chi connectivity index (χ2v) is 10.6. The smallest absolute Gasteiger partial charge is 0.270 e. The molecule has 2 heterocycles. The van der Waals surface area contributed by atoms with Gasteiger partial charge in [0, 0.05) is 60.2 Å². The van der Waals surface area contributed by atoms with Gasteiger partial charge in [0.25, 0.3) is 11.6 Å². The summed E-state index contributed by atoms with van der Waals surface area (Å²) in [4.78, 5) is 45.8. The minimum atomic E-state index is -0.523. The Morgan fingerprint density at radius 2 is 1.76 bits per heavy atom. The first-order valence-electron chi connectivity index (χ1n) is 12.6. The summed E-state index contributed by atoms with van der Waals surface area (Å²) in [5, 5.41) is 11.3. The second-order valence-electron chi connectivity index (χ2n) is 9.24. The Labute approximate surface area is 226 Å². The molecule has 0 saturated carbocycles. The quantitative estimate of drug-likeness (QED) is 0.272. The van der Waals surface area contributed by atoms with Crippen LogP contribution < -0.4 is 0 Å². The third-order valence-electron chi connectivity index (χ3n) is 6.42. The van der Waals surface area contributed by atoms with E-state index in [1.165, 1.54) is 28.0 Å². The van der Waals surface area contributed by atoms with Gasteiger partial charge < -0.3 is 14.5 Å². The van der Waals surface area contributed by atoms with Crippen LogP contribution in [0.15, 0.2) is 66.7 Å². The molecule has 1 aliphatic rings. The summed E-state index contributed by atoms with van der Waals surface area (Å²) in [5.74, 6) is -0.581. The van der Waals surface area contributed by atoms with Crippen LogP contribution in [0.5, 0.6) is 0 Å². The summed E-state index contributed by atoms with van der Waals surface area (Å²) in [6.07, 6.45) is 0. The molecular weight excluding hydrogens is 504 g/mol. The summed E-state index contributed by atoms with van der Waals surface area (Å²) >= 11 is 1.64. The van der Waals surface area contributed by atoms with Crippen LogP contribution in [-0.2, 0) is 22.6 Å². The van der Waals surface area contributed by atoms with Crippen LogP contribution in [0, 0.1) is 17.0 Å². The number of amides is 2. The van der Waals surface area contributed by atoms with Gasteiger partial charge in [0.15, 0.2) is 0 Å². The number of aryl methyl sites for hydroxylation is 1. The Morgan fingerprint density at radius 1 is 1.00 bits per heavy atom. The molecule has 1 fully saturated rings. The SMILES string of the molecule is Cc1ccc(CN(Cc2ccccc2)C(=O)CN(CCN2CCOCC2)C(=O)c2cccc([N+](=O)[O-])c2)s1. The van der Waals surface area contributed by atoms with E-state index in [1.807, 2.05) is 49.4 Å². The van der Waals surface area contributed by atoms with E-state index in [1.54, 1.807) is 22.3 Å². The summed E-state index contributed by atoms with van der Waals surface area (Å²) in [7, 11) is 0. The van der Waals surface area contributed by atoms with Crippen LogP contribution in [0.1, 0.15) is 25.7 Å². The highest BCUT2D eigenvalue weighted by molar-refractivity contribution is 7.11. The first kappa shape index (κ1) is 27.4. The number of rotatable bonds is 11. The first-order chi connectivity index (χ1) is 18.4. The fourth-order valence-electron chi connectivity index (χ4n) is 4.33. The molecule has 200 valence electrons. The summed E-state index contributed by atoms with van der Waals surface area (Å²) in [6, 6.07) is 19.5. The van der Waals surface area contributed by atoms with E-state index in [0.29, 0.717) is 39.4 Å². The Hall–Kier alpha value is -3.60. The van der Waals surface area contributed by atoms with Crippen LogP contribution >= 0.6 is 11.3 Å². The number of nitro benzene ring substituents is 1. The number of ether oxygens (including phenoxy) is 1. The summed E-state index contributed by atoms with van der Waals surface area (Å²) in [5.41, 5.74) is 1.03. The Morgan fingerprint density at radius 3 is 2.45 bits per heavy atom. The Bertz CT molecular complexity index is 1240. The lowest BCUT2D eigenvalue weighted by Gasteiger charge is -2.31. The minimum absolute atomic E-state index is 0.122. The largest absolute Gasteiger partial charge is 0.379 e. The van der Waals surface area contributed by atoms with Gasteiger partial charge in [-0.3, -0.25) is 24.6 Å². The molecule has 1 aliphatic heterocycles. The third kappa shape index (κ3) is 7.70. The van der Waals surface area contributed by atoms with Crippen molar-refractivity contribution in [1.82, 2.24) is 14.7 Å². The first-order valence-corrected chi connectivity index (χ1v) is 13.4. The minimum Gasteiger partial charge on any atom is -0.379 e. The molecule has 9 nitrogen and oxygen atoms in total. The maximum Gasteiger partial charge on any atom is 0.270 e. The maximum absolute atomic E-state index is 13.7. The van der Waals surface area contributed by atoms with Gasteiger partial charge in [-0.15, -0.1) is 11.3 Å². The lowest BCUT2D eigenvalue weighted by molar-refractivity contribution is -0.384. The van der Waals surface area contributed by atoms with E-state index in [-0.39, 0.29) is 23.7 Å².